The maximum Gasteiger partial charge on any atom is 0.253 e. The third kappa shape index (κ3) is 5.71. The molecule has 1 atom stereocenters. The minimum absolute atomic E-state index is 0.198. The van der Waals surface area contributed by atoms with Crippen LogP contribution in [0.2, 0.25) is 0 Å². The molecule has 0 radical (unpaired) electrons. The van der Waals surface area contributed by atoms with Crippen molar-refractivity contribution in [3.8, 4) is 0 Å². The molecule has 0 aromatic carbocycles. The number of amides is 1. The number of nitrogens with zero attached hydrogens (tertiary/aromatic N) is 1. The van der Waals surface area contributed by atoms with Crippen molar-refractivity contribution < 1.29 is 9.53 Å². The highest BCUT2D eigenvalue weighted by Gasteiger charge is 2.21. The summed E-state index contributed by atoms with van der Waals surface area (Å²) in [5.74, 6) is 4.92. The summed E-state index contributed by atoms with van der Waals surface area (Å²) in [6.45, 7) is 3.40. The predicted octanol–water partition coefficient (Wildman–Crippen LogP) is 0.113. The van der Waals surface area contributed by atoms with Crippen LogP contribution < -0.4 is 11.3 Å². The minimum atomic E-state index is -0.295. The lowest BCUT2D eigenvalue weighted by Gasteiger charge is -2.25. The van der Waals surface area contributed by atoms with Gasteiger partial charge in [0.25, 0.3) is 5.91 Å². The van der Waals surface area contributed by atoms with Gasteiger partial charge in [0, 0.05) is 7.11 Å². The van der Waals surface area contributed by atoms with E-state index in [1.54, 1.807) is 7.11 Å². The minimum Gasteiger partial charge on any atom is -0.383 e. The van der Waals surface area contributed by atoms with Crippen LogP contribution >= 0.6 is 0 Å². The van der Waals surface area contributed by atoms with Crippen molar-refractivity contribution in [2.24, 2.45) is 5.84 Å². The van der Waals surface area contributed by atoms with Gasteiger partial charge in [0.15, 0.2) is 0 Å². The summed E-state index contributed by atoms with van der Waals surface area (Å²) in [4.78, 5) is 13.4. The maximum atomic E-state index is 11.4. The molecule has 5 nitrogen and oxygen atoms in total. The van der Waals surface area contributed by atoms with Crippen molar-refractivity contribution in [2.45, 2.75) is 32.2 Å². The molecule has 0 aliphatic heterocycles. The Bertz CT molecular complexity index is 176. The summed E-state index contributed by atoms with van der Waals surface area (Å²) in [7, 11) is 3.49. The first-order valence-corrected chi connectivity index (χ1v) is 5.37. The van der Waals surface area contributed by atoms with Gasteiger partial charge in [0.05, 0.1) is 6.61 Å². The lowest BCUT2D eigenvalue weighted by Crippen LogP contribution is -2.50. The molecule has 1 amide bonds. The number of rotatable bonds is 8. The zero-order chi connectivity index (χ0) is 11.7. The van der Waals surface area contributed by atoms with Crippen LogP contribution in [0.3, 0.4) is 0 Å². The first-order chi connectivity index (χ1) is 7.17. The van der Waals surface area contributed by atoms with E-state index in [4.69, 9.17) is 10.6 Å². The highest BCUT2D eigenvalue weighted by molar-refractivity contribution is 5.81. The fourth-order valence-electron chi connectivity index (χ4n) is 1.42. The molecule has 3 N–H and O–H groups in total. The molecular weight excluding hydrogens is 194 g/mol. The monoisotopic (exact) mass is 217 g/mol. The summed E-state index contributed by atoms with van der Waals surface area (Å²) < 4.78 is 5.00. The van der Waals surface area contributed by atoms with Gasteiger partial charge < -0.3 is 4.74 Å². The molecule has 0 aliphatic rings. The molecule has 0 bridgehead atoms. The molecule has 15 heavy (non-hydrogen) atoms. The average Bonchev–Trinajstić information content (AvgIpc) is 2.25. The molecule has 5 heteroatoms. The van der Waals surface area contributed by atoms with E-state index in [9.17, 15) is 4.79 Å². The Morgan fingerprint density at radius 3 is 2.67 bits per heavy atom. The van der Waals surface area contributed by atoms with E-state index < -0.39 is 0 Å². The summed E-state index contributed by atoms with van der Waals surface area (Å²) in [6, 6.07) is -0.295. The SMILES string of the molecule is CCCCCN(C)C(COC)C(=O)NN. The Kier molecular flexibility index (Phi) is 8.27. The summed E-state index contributed by atoms with van der Waals surface area (Å²) in [5.41, 5.74) is 2.16. The average molecular weight is 217 g/mol. The molecule has 90 valence electrons. The number of nitrogens with one attached hydrogen (secondary N) is 1. The first kappa shape index (κ1) is 14.3. The van der Waals surface area contributed by atoms with Crippen molar-refractivity contribution in [1.29, 1.82) is 0 Å². The normalized spacial score (nSPS) is 12.9. The van der Waals surface area contributed by atoms with Crippen molar-refractivity contribution in [2.75, 3.05) is 27.3 Å². The van der Waals surface area contributed by atoms with E-state index in [1.807, 2.05) is 11.9 Å². The van der Waals surface area contributed by atoms with E-state index in [0.717, 1.165) is 13.0 Å². The first-order valence-electron chi connectivity index (χ1n) is 5.37. The second-order valence-corrected chi connectivity index (χ2v) is 3.67. The Balaban J connectivity index is 4.03. The summed E-state index contributed by atoms with van der Waals surface area (Å²) in [5, 5.41) is 0. The van der Waals surface area contributed by atoms with Crippen LogP contribution in [0.4, 0.5) is 0 Å². The van der Waals surface area contributed by atoms with Crippen molar-refractivity contribution in [3.05, 3.63) is 0 Å². The molecule has 0 aromatic heterocycles. The van der Waals surface area contributed by atoms with E-state index in [1.165, 1.54) is 12.8 Å². The zero-order valence-corrected chi connectivity index (χ0v) is 9.95. The predicted molar refractivity (Wildman–Crippen MR) is 60.1 cm³/mol. The molecule has 0 aliphatic carbocycles. The number of hydrazine groups is 1. The highest BCUT2D eigenvalue weighted by atomic mass is 16.5. The number of carbonyl (C=O) groups excluding carboxylic acids is 1. The molecule has 0 saturated carbocycles. The number of methoxy groups -OCH3 is 1. The number of carbonyl (C=O) groups is 1. The molecule has 0 heterocycles. The highest BCUT2D eigenvalue weighted by Crippen LogP contribution is 2.02. The molecule has 0 fully saturated rings. The fraction of sp³-hybridized carbons (Fsp3) is 0.900. The third-order valence-corrected chi connectivity index (χ3v) is 2.42. The summed E-state index contributed by atoms with van der Waals surface area (Å²) >= 11 is 0. The van der Waals surface area contributed by atoms with Crippen molar-refractivity contribution in [3.63, 3.8) is 0 Å². The Hall–Kier alpha value is -0.650. The van der Waals surface area contributed by atoms with Crippen LogP contribution in [0.25, 0.3) is 0 Å². The molecule has 1 unspecified atom stereocenters. The van der Waals surface area contributed by atoms with E-state index >= 15 is 0 Å². The smallest absolute Gasteiger partial charge is 0.253 e. The zero-order valence-electron chi connectivity index (χ0n) is 9.95. The third-order valence-electron chi connectivity index (χ3n) is 2.42. The van der Waals surface area contributed by atoms with Gasteiger partial charge in [-0.2, -0.15) is 0 Å². The van der Waals surface area contributed by atoms with Gasteiger partial charge in [0.1, 0.15) is 6.04 Å². The lowest BCUT2D eigenvalue weighted by molar-refractivity contribution is -0.127. The standard InChI is InChI=1S/C10H23N3O2/c1-4-5-6-7-13(2)9(8-15-3)10(14)12-11/h9H,4-8,11H2,1-3H3,(H,12,14). The van der Waals surface area contributed by atoms with Crippen LogP contribution in [-0.2, 0) is 9.53 Å². The number of ether oxygens (including phenoxy) is 1. The quantitative estimate of drug-likeness (QED) is 0.262. The van der Waals surface area contributed by atoms with Crippen molar-refractivity contribution in [1.82, 2.24) is 10.3 Å². The van der Waals surface area contributed by atoms with Gasteiger partial charge in [-0.3, -0.25) is 15.1 Å². The number of unbranched alkanes of at least 4 members (excludes halogenated alkanes) is 2. The van der Waals surface area contributed by atoms with Gasteiger partial charge in [0.2, 0.25) is 0 Å². The van der Waals surface area contributed by atoms with Gasteiger partial charge >= 0.3 is 0 Å². The van der Waals surface area contributed by atoms with Crippen LogP contribution in [0.15, 0.2) is 0 Å². The van der Waals surface area contributed by atoms with Crippen molar-refractivity contribution >= 4 is 5.91 Å². The topological polar surface area (TPSA) is 67.6 Å². The maximum absolute atomic E-state index is 11.4. The van der Waals surface area contributed by atoms with Crippen LogP contribution in [0.1, 0.15) is 26.2 Å². The Morgan fingerprint density at radius 2 is 2.20 bits per heavy atom. The summed E-state index contributed by atoms with van der Waals surface area (Å²) in [6.07, 6.45) is 3.44. The number of likely N-dealkylation sites (N-methyl/N-ethyl adjacent to an activating group) is 1. The van der Waals surface area contributed by atoms with E-state index in [-0.39, 0.29) is 11.9 Å². The fourth-order valence-corrected chi connectivity index (χ4v) is 1.42. The molecular formula is C10H23N3O2. The van der Waals surface area contributed by atoms with Gasteiger partial charge in [-0.15, -0.1) is 0 Å². The van der Waals surface area contributed by atoms with Gasteiger partial charge in [-0.1, -0.05) is 19.8 Å². The molecule has 0 spiro atoms. The Morgan fingerprint density at radius 1 is 1.53 bits per heavy atom. The number of hydrogen-bond donors (Lipinski definition) is 2. The second kappa shape index (κ2) is 8.64. The van der Waals surface area contributed by atoms with E-state index in [2.05, 4.69) is 12.3 Å². The number of hydrogen-bond acceptors (Lipinski definition) is 4. The van der Waals surface area contributed by atoms with Gasteiger partial charge in [-0.05, 0) is 20.0 Å². The van der Waals surface area contributed by atoms with E-state index in [0.29, 0.717) is 6.61 Å². The largest absolute Gasteiger partial charge is 0.383 e. The van der Waals surface area contributed by atoms with Crippen LogP contribution in [-0.4, -0.2) is 44.2 Å². The molecule has 0 saturated heterocycles. The van der Waals surface area contributed by atoms with Crippen LogP contribution in [0.5, 0.6) is 0 Å². The second-order valence-electron chi connectivity index (χ2n) is 3.67. The molecule has 0 rings (SSSR count). The number of nitrogens with two attached hydrogens (primary N) is 1. The van der Waals surface area contributed by atoms with Crippen LogP contribution in [0, 0.1) is 0 Å². The van der Waals surface area contributed by atoms with Gasteiger partial charge in [-0.25, -0.2) is 5.84 Å². The Labute approximate surface area is 91.9 Å². The molecule has 0 aromatic rings. The lowest BCUT2D eigenvalue weighted by atomic mass is 10.2.